The van der Waals surface area contributed by atoms with Crippen molar-refractivity contribution < 1.29 is 9.18 Å². The van der Waals surface area contributed by atoms with Crippen molar-refractivity contribution in [3.05, 3.63) is 46.5 Å². The first-order valence-corrected chi connectivity index (χ1v) is 5.82. The summed E-state index contributed by atoms with van der Waals surface area (Å²) in [5, 5.41) is 9.58. The lowest BCUT2D eigenvalue weighted by Gasteiger charge is -2.08. The summed E-state index contributed by atoms with van der Waals surface area (Å²) in [5.74, 6) is -0.896. The zero-order valence-electron chi connectivity index (χ0n) is 10.7. The fourth-order valence-electron chi connectivity index (χ4n) is 1.82. The Kier molecular flexibility index (Phi) is 3.50. The average Bonchev–Trinajstić information content (AvgIpc) is 2.69. The van der Waals surface area contributed by atoms with Crippen molar-refractivity contribution in [3.63, 3.8) is 0 Å². The monoisotopic (exact) mass is 262 g/mol. The SMILES string of the molecule is Cc1n[nH]c(C)c1CNC(=O)c1cc(F)ccc1N. The lowest BCUT2D eigenvalue weighted by Crippen LogP contribution is -2.24. The molecule has 1 aromatic carbocycles. The summed E-state index contributed by atoms with van der Waals surface area (Å²) in [6.45, 7) is 4.04. The largest absolute Gasteiger partial charge is 0.398 e. The minimum absolute atomic E-state index is 0.138. The first-order valence-electron chi connectivity index (χ1n) is 5.82. The molecule has 0 aliphatic heterocycles. The average molecular weight is 262 g/mol. The van der Waals surface area contributed by atoms with Crippen LogP contribution in [0.2, 0.25) is 0 Å². The molecule has 0 radical (unpaired) electrons. The van der Waals surface area contributed by atoms with Gasteiger partial charge in [0.25, 0.3) is 5.91 Å². The van der Waals surface area contributed by atoms with Crippen molar-refractivity contribution in [1.29, 1.82) is 0 Å². The second-order valence-corrected chi connectivity index (χ2v) is 4.33. The molecule has 0 unspecified atom stereocenters. The number of benzene rings is 1. The summed E-state index contributed by atoms with van der Waals surface area (Å²) >= 11 is 0. The zero-order chi connectivity index (χ0) is 14.0. The normalized spacial score (nSPS) is 10.5. The highest BCUT2D eigenvalue weighted by atomic mass is 19.1. The van der Waals surface area contributed by atoms with Crippen LogP contribution in [0.15, 0.2) is 18.2 Å². The molecule has 2 rings (SSSR count). The Balaban J connectivity index is 2.12. The molecule has 1 heterocycles. The van der Waals surface area contributed by atoms with Gasteiger partial charge in [0.15, 0.2) is 0 Å². The smallest absolute Gasteiger partial charge is 0.253 e. The van der Waals surface area contributed by atoms with Gasteiger partial charge in [0.05, 0.1) is 11.3 Å². The number of rotatable bonds is 3. The summed E-state index contributed by atoms with van der Waals surface area (Å²) in [6, 6.07) is 3.72. The number of anilines is 1. The topological polar surface area (TPSA) is 83.8 Å². The van der Waals surface area contributed by atoms with Crippen molar-refractivity contribution >= 4 is 11.6 Å². The van der Waals surface area contributed by atoms with Gasteiger partial charge in [-0.05, 0) is 32.0 Å². The highest BCUT2D eigenvalue weighted by molar-refractivity contribution is 5.99. The van der Waals surface area contributed by atoms with Crippen molar-refractivity contribution in [1.82, 2.24) is 15.5 Å². The maximum absolute atomic E-state index is 13.1. The number of hydrogen-bond donors (Lipinski definition) is 3. The van der Waals surface area contributed by atoms with E-state index < -0.39 is 11.7 Å². The fraction of sp³-hybridized carbons (Fsp3) is 0.231. The van der Waals surface area contributed by atoms with E-state index in [1.807, 2.05) is 13.8 Å². The number of aromatic amines is 1. The number of carbonyl (C=O) groups is 1. The van der Waals surface area contributed by atoms with Crippen LogP contribution in [0.4, 0.5) is 10.1 Å². The summed E-state index contributed by atoms with van der Waals surface area (Å²) in [7, 11) is 0. The molecule has 0 fully saturated rings. The second-order valence-electron chi connectivity index (χ2n) is 4.33. The third kappa shape index (κ3) is 2.73. The van der Waals surface area contributed by atoms with E-state index in [-0.39, 0.29) is 11.3 Å². The van der Waals surface area contributed by atoms with E-state index >= 15 is 0 Å². The molecule has 0 saturated heterocycles. The quantitative estimate of drug-likeness (QED) is 0.736. The number of hydrogen-bond acceptors (Lipinski definition) is 3. The van der Waals surface area contributed by atoms with Crippen LogP contribution in [-0.4, -0.2) is 16.1 Å². The molecule has 0 bridgehead atoms. The number of nitrogen functional groups attached to an aromatic ring is 1. The summed E-state index contributed by atoms with van der Waals surface area (Å²) in [4.78, 5) is 11.9. The second kappa shape index (κ2) is 5.09. The maximum Gasteiger partial charge on any atom is 0.253 e. The molecule has 0 spiro atoms. The number of aryl methyl sites for hydroxylation is 2. The molecule has 0 aliphatic carbocycles. The van der Waals surface area contributed by atoms with E-state index in [1.165, 1.54) is 12.1 Å². The maximum atomic E-state index is 13.1. The highest BCUT2D eigenvalue weighted by Crippen LogP contribution is 2.14. The molecule has 4 N–H and O–H groups in total. The standard InChI is InChI=1S/C13H15FN4O/c1-7-11(8(2)18-17-7)6-16-13(19)10-5-9(14)3-4-12(10)15/h3-5H,6,15H2,1-2H3,(H,16,19)(H,17,18). The molecule has 2 aromatic rings. The Labute approximate surface area is 110 Å². The Morgan fingerprint density at radius 1 is 1.47 bits per heavy atom. The van der Waals surface area contributed by atoms with Crippen LogP contribution in [0.1, 0.15) is 27.3 Å². The third-order valence-corrected chi connectivity index (χ3v) is 2.97. The van der Waals surface area contributed by atoms with Gasteiger partial charge >= 0.3 is 0 Å². The molecule has 100 valence electrons. The highest BCUT2D eigenvalue weighted by Gasteiger charge is 2.12. The van der Waals surface area contributed by atoms with Crippen LogP contribution in [0.5, 0.6) is 0 Å². The van der Waals surface area contributed by atoms with Crippen LogP contribution < -0.4 is 11.1 Å². The van der Waals surface area contributed by atoms with Crippen molar-refractivity contribution in [2.45, 2.75) is 20.4 Å². The van der Waals surface area contributed by atoms with Gasteiger partial charge in [-0.1, -0.05) is 0 Å². The number of nitrogens with one attached hydrogen (secondary N) is 2. The molecule has 1 aromatic heterocycles. The van der Waals surface area contributed by atoms with Gasteiger partial charge in [0.1, 0.15) is 5.82 Å². The lowest BCUT2D eigenvalue weighted by molar-refractivity contribution is 0.0951. The van der Waals surface area contributed by atoms with Gasteiger partial charge in [-0.2, -0.15) is 5.10 Å². The zero-order valence-corrected chi connectivity index (χ0v) is 10.7. The Hall–Kier alpha value is -2.37. The number of aromatic nitrogens is 2. The van der Waals surface area contributed by atoms with Gasteiger partial charge in [-0.25, -0.2) is 4.39 Å². The van der Waals surface area contributed by atoms with E-state index in [0.29, 0.717) is 6.54 Å². The molecule has 0 atom stereocenters. The van der Waals surface area contributed by atoms with Crippen molar-refractivity contribution in [2.24, 2.45) is 0 Å². The van der Waals surface area contributed by atoms with Crippen molar-refractivity contribution in [2.75, 3.05) is 5.73 Å². The van der Waals surface area contributed by atoms with Gasteiger partial charge in [-0.3, -0.25) is 9.89 Å². The van der Waals surface area contributed by atoms with Crippen molar-refractivity contribution in [3.8, 4) is 0 Å². The van der Waals surface area contributed by atoms with E-state index in [0.717, 1.165) is 23.0 Å². The minimum atomic E-state index is -0.491. The minimum Gasteiger partial charge on any atom is -0.398 e. The Bertz CT molecular complexity index is 602. The van der Waals surface area contributed by atoms with E-state index in [1.54, 1.807) is 0 Å². The first-order chi connectivity index (χ1) is 8.99. The molecule has 5 nitrogen and oxygen atoms in total. The van der Waals surface area contributed by atoms with Crippen LogP contribution in [0.3, 0.4) is 0 Å². The summed E-state index contributed by atoms with van der Waals surface area (Å²) in [5.41, 5.74) is 8.68. The first kappa shape index (κ1) is 13.1. The Morgan fingerprint density at radius 3 is 2.84 bits per heavy atom. The Morgan fingerprint density at radius 2 is 2.21 bits per heavy atom. The van der Waals surface area contributed by atoms with Crippen LogP contribution in [-0.2, 0) is 6.54 Å². The van der Waals surface area contributed by atoms with E-state index in [2.05, 4.69) is 15.5 Å². The number of H-pyrrole nitrogens is 1. The molecule has 19 heavy (non-hydrogen) atoms. The third-order valence-electron chi connectivity index (χ3n) is 2.97. The van der Waals surface area contributed by atoms with E-state index in [9.17, 15) is 9.18 Å². The van der Waals surface area contributed by atoms with Crippen LogP contribution >= 0.6 is 0 Å². The van der Waals surface area contributed by atoms with Crippen LogP contribution in [0, 0.1) is 19.7 Å². The number of nitrogens with zero attached hydrogens (tertiary/aromatic N) is 1. The van der Waals surface area contributed by atoms with Gasteiger partial charge in [-0.15, -0.1) is 0 Å². The molecular formula is C13H15FN4O. The number of nitrogens with two attached hydrogens (primary N) is 1. The summed E-state index contributed by atoms with van der Waals surface area (Å²) in [6.07, 6.45) is 0. The molecule has 0 saturated carbocycles. The predicted molar refractivity (Wildman–Crippen MR) is 70.0 cm³/mol. The molecule has 0 aliphatic rings. The lowest BCUT2D eigenvalue weighted by atomic mass is 10.1. The van der Waals surface area contributed by atoms with Crippen LogP contribution in [0.25, 0.3) is 0 Å². The van der Waals surface area contributed by atoms with Gasteiger partial charge in [0.2, 0.25) is 0 Å². The fourth-order valence-corrected chi connectivity index (χ4v) is 1.82. The molecule has 1 amide bonds. The molecular weight excluding hydrogens is 247 g/mol. The van der Waals surface area contributed by atoms with Gasteiger partial charge < -0.3 is 11.1 Å². The molecule has 6 heteroatoms. The van der Waals surface area contributed by atoms with Gasteiger partial charge in [0, 0.05) is 23.5 Å². The number of amides is 1. The predicted octanol–water partition coefficient (Wildman–Crippen LogP) is 1.68. The summed E-state index contributed by atoms with van der Waals surface area (Å²) < 4.78 is 13.1. The van der Waals surface area contributed by atoms with E-state index in [4.69, 9.17) is 5.73 Å². The number of carbonyl (C=O) groups excluding carboxylic acids is 1. The number of halogens is 1.